The first-order chi connectivity index (χ1) is 11.4. The maximum Gasteiger partial charge on any atom is 0.417 e. The van der Waals surface area contributed by atoms with Crippen LogP contribution in [0.3, 0.4) is 0 Å². The van der Waals surface area contributed by atoms with Crippen molar-refractivity contribution in [3.63, 3.8) is 0 Å². The second-order valence-corrected chi connectivity index (χ2v) is 5.12. The van der Waals surface area contributed by atoms with Crippen molar-refractivity contribution in [2.75, 3.05) is 20.3 Å². The number of halogens is 3. The Hall–Kier alpha value is -2.41. The highest BCUT2D eigenvalue weighted by Gasteiger charge is 2.35. The summed E-state index contributed by atoms with van der Waals surface area (Å²) in [5, 5.41) is 0. The van der Waals surface area contributed by atoms with Crippen LogP contribution in [0.15, 0.2) is 48.8 Å². The first-order valence-electron chi connectivity index (χ1n) is 7.27. The molecule has 0 fully saturated rings. The minimum absolute atomic E-state index is 0.177. The van der Waals surface area contributed by atoms with Gasteiger partial charge in [0.05, 0.1) is 17.7 Å². The molecule has 1 aromatic heterocycles. The monoisotopic (exact) mass is 338 g/mol. The number of rotatable bonds is 6. The maximum absolute atomic E-state index is 13.1. The van der Waals surface area contributed by atoms with Crippen molar-refractivity contribution in [2.45, 2.75) is 12.7 Å². The summed E-state index contributed by atoms with van der Waals surface area (Å²) < 4.78 is 44.4. The lowest BCUT2D eigenvalue weighted by Gasteiger charge is -2.24. The molecular weight excluding hydrogens is 321 g/mol. The van der Waals surface area contributed by atoms with Gasteiger partial charge in [-0.25, -0.2) is 0 Å². The van der Waals surface area contributed by atoms with Crippen molar-refractivity contribution < 1.29 is 22.7 Å². The third kappa shape index (κ3) is 4.55. The first-order valence-corrected chi connectivity index (χ1v) is 7.27. The number of alkyl halides is 3. The quantitative estimate of drug-likeness (QED) is 0.811. The van der Waals surface area contributed by atoms with Crippen LogP contribution in [0.4, 0.5) is 13.2 Å². The smallest absolute Gasteiger partial charge is 0.383 e. The van der Waals surface area contributed by atoms with Crippen molar-refractivity contribution in [3.05, 3.63) is 65.5 Å². The summed E-state index contributed by atoms with van der Waals surface area (Å²) in [6.45, 7) is 0.589. The molecule has 0 radical (unpaired) electrons. The summed E-state index contributed by atoms with van der Waals surface area (Å²) in [6.07, 6.45) is -1.45. The van der Waals surface area contributed by atoms with E-state index in [2.05, 4.69) is 4.98 Å². The van der Waals surface area contributed by atoms with Gasteiger partial charge in [0.1, 0.15) is 0 Å². The van der Waals surface area contributed by atoms with Crippen LogP contribution >= 0.6 is 0 Å². The Balaban J connectivity index is 2.31. The Labute approximate surface area is 137 Å². The number of aromatic nitrogens is 1. The molecule has 0 saturated carbocycles. The van der Waals surface area contributed by atoms with Gasteiger partial charge in [0, 0.05) is 32.6 Å². The van der Waals surface area contributed by atoms with Crippen molar-refractivity contribution in [2.24, 2.45) is 0 Å². The number of benzene rings is 1. The van der Waals surface area contributed by atoms with E-state index < -0.39 is 17.6 Å². The highest BCUT2D eigenvalue weighted by atomic mass is 19.4. The predicted molar refractivity (Wildman–Crippen MR) is 82.3 cm³/mol. The van der Waals surface area contributed by atoms with Crippen molar-refractivity contribution in [3.8, 4) is 0 Å². The van der Waals surface area contributed by atoms with Crippen LogP contribution in [0, 0.1) is 0 Å². The average molecular weight is 338 g/mol. The molecule has 0 unspecified atom stereocenters. The summed E-state index contributed by atoms with van der Waals surface area (Å²) in [4.78, 5) is 17.9. The molecule has 1 amide bonds. The van der Waals surface area contributed by atoms with Gasteiger partial charge >= 0.3 is 6.18 Å². The van der Waals surface area contributed by atoms with Gasteiger partial charge in [-0.15, -0.1) is 0 Å². The van der Waals surface area contributed by atoms with E-state index >= 15 is 0 Å². The van der Waals surface area contributed by atoms with Crippen LogP contribution in [0.25, 0.3) is 0 Å². The Morgan fingerprint density at radius 3 is 2.46 bits per heavy atom. The predicted octanol–water partition coefficient (Wildman–Crippen LogP) is 3.39. The van der Waals surface area contributed by atoms with Crippen LogP contribution < -0.4 is 0 Å². The van der Waals surface area contributed by atoms with Gasteiger partial charge in [-0.3, -0.25) is 9.78 Å². The van der Waals surface area contributed by atoms with Gasteiger partial charge in [0.25, 0.3) is 5.91 Å². The molecule has 7 heteroatoms. The molecule has 0 saturated heterocycles. The molecule has 2 rings (SSSR count). The largest absolute Gasteiger partial charge is 0.417 e. The zero-order valence-electron chi connectivity index (χ0n) is 13.1. The maximum atomic E-state index is 13.1. The third-order valence-electron chi connectivity index (χ3n) is 3.44. The van der Waals surface area contributed by atoms with Gasteiger partial charge < -0.3 is 9.64 Å². The first kappa shape index (κ1) is 17.9. The van der Waals surface area contributed by atoms with Gasteiger partial charge in [0.15, 0.2) is 0 Å². The SMILES string of the molecule is COCCN(Cc1ccncc1)C(=O)c1ccccc1C(F)(F)F. The van der Waals surface area contributed by atoms with E-state index in [0.717, 1.165) is 11.6 Å². The molecule has 0 aliphatic rings. The molecule has 128 valence electrons. The fourth-order valence-corrected chi connectivity index (χ4v) is 2.25. The third-order valence-corrected chi connectivity index (χ3v) is 3.44. The zero-order valence-corrected chi connectivity index (χ0v) is 13.1. The summed E-state index contributed by atoms with van der Waals surface area (Å²) in [5.41, 5.74) is -0.527. The lowest BCUT2D eigenvalue weighted by Crippen LogP contribution is -2.34. The molecule has 0 atom stereocenters. The second-order valence-electron chi connectivity index (χ2n) is 5.12. The highest BCUT2D eigenvalue weighted by molar-refractivity contribution is 5.95. The van der Waals surface area contributed by atoms with Crippen molar-refractivity contribution >= 4 is 5.91 Å². The summed E-state index contributed by atoms with van der Waals surface area (Å²) in [6, 6.07) is 8.21. The number of methoxy groups -OCH3 is 1. The lowest BCUT2D eigenvalue weighted by atomic mass is 10.1. The fraction of sp³-hybridized carbons (Fsp3) is 0.294. The fourth-order valence-electron chi connectivity index (χ4n) is 2.25. The van der Waals surface area contributed by atoms with E-state index in [1.165, 1.54) is 30.2 Å². The molecule has 0 bridgehead atoms. The molecule has 0 aliphatic carbocycles. The summed E-state index contributed by atoms with van der Waals surface area (Å²) in [5.74, 6) is -0.684. The molecule has 1 aromatic carbocycles. The Kier molecular flexibility index (Phi) is 5.92. The van der Waals surface area contributed by atoms with E-state index in [0.29, 0.717) is 0 Å². The number of pyridine rings is 1. The van der Waals surface area contributed by atoms with E-state index in [1.54, 1.807) is 24.5 Å². The summed E-state index contributed by atoms with van der Waals surface area (Å²) >= 11 is 0. The molecule has 4 nitrogen and oxygen atoms in total. The second kappa shape index (κ2) is 7.92. The minimum atomic E-state index is -4.59. The Morgan fingerprint density at radius 1 is 1.17 bits per heavy atom. The standard InChI is InChI=1S/C17H17F3N2O2/c1-24-11-10-22(12-13-6-8-21-9-7-13)16(23)14-4-2-3-5-15(14)17(18,19)20/h2-9H,10-12H2,1H3. The Morgan fingerprint density at radius 2 is 1.83 bits per heavy atom. The number of amides is 1. The van der Waals surface area contributed by atoms with E-state index in [4.69, 9.17) is 4.74 Å². The number of hydrogen-bond acceptors (Lipinski definition) is 3. The number of carbonyl (C=O) groups excluding carboxylic acids is 1. The van der Waals surface area contributed by atoms with Gasteiger partial charge in [-0.1, -0.05) is 12.1 Å². The van der Waals surface area contributed by atoms with Gasteiger partial charge in [0.2, 0.25) is 0 Å². The van der Waals surface area contributed by atoms with E-state index in [-0.39, 0.29) is 25.3 Å². The van der Waals surface area contributed by atoms with E-state index in [9.17, 15) is 18.0 Å². The normalized spacial score (nSPS) is 11.3. The van der Waals surface area contributed by atoms with Crippen LogP contribution in [0.1, 0.15) is 21.5 Å². The molecule has 24 heavy (non-hydrogen) atoms. The van der Waals surface area contributed by atoms with Crippen molar-refractivity contribution in [1.29, 1.82) is 0 Å². The van der Waals surface area contributed by atoms with E-state index in [1.807, 2.05) is 0 Å². The van der Waals surface area contributed by atoms with Gasteiger partial charge in [-0.2, -0.15) is 13.2 Å². The lowest BCUT2D eigenvalue weighted by molar-refractivity contribution is -0.138. The minimum Gasteiger partial charge on any atom is -0.383 e. The zero-order chi connectivity index (χ0) is 17.6. The molecule has 2 aromatic rings. The molecule has 0 N–H and O–H groups in total. The molecular formula is C17H17F3N2O2. The summed E-state index contributed by atoms with van der Waals surface area (Å²) in [7, 11) is 1.47. The molecule has 0 aliphatic heterocycles. The number of carbonyl (C=O) groups is 1. The Bertz CT molecular complexity index is 675. The molecule has 1 heterocycles. The molecule has 0 spiro atoms. The van der Waals surface area contributed by atoms with Gasteiger partial charge in [-0.05, 0) is 29.8 Å². The van der Waals surface area contributed by atoms with Crippen LogP contribution in [-0.4, -0.2) is 36.1 Å². The number of ether oxygens (including phenoxy) is 1. The van der Waals surface area contributed by atoms with Crippen LogP contribution in [0.2, 0.25) is 0 Å². The van der Waals surface area contributed by atoms with Crippen LogP contribution in [0.5, 0.6) is 0 Å². The van der Waals surface area contributed by atoms with Crippen molar-refractivity contribution in [1.82, 2.24) is 9.88 Å². The topological polar surface area (TPSA) is 42.4 Å². The van der Waals surface area contributed by atoms with Crippen LogP contribution in [-0.2, 0) is 17.5 Å². The number of nitrogens with zero attached hydrogens (tertiary/aromatic N) is 2. The number of hydrogen-bond donors (Lipinski definition) is 0. The average Bonchev–Trinajstić information content (AvgIpc) is 2.58. The highest BCUT2D eigenvalue weighted by Crippen LogP contribution is 2.32.